The predicted molar refractivity (Wildman–Crippen MR) is 76.7 cm³/mol. The summed E-state index contributed by atoms with van der Waals surface area (Å²) in [5.41, 5.74) is 0. The molecule has 0 bridgehead atoms. The molecule has 2 rings (SSSR count). The minimum absolute atomic E-state index is 0.0503. The molecule has 1 aliphatic heterocycles. The van der Waals surface area contributed by atoms with Crippen LogP contribution in [-0.4, -0.2) is 30.6 Å². The van der Waals surface area contributed by atoms with E-state index in [2.05, 4.69) is 15.9 Å². The molecule has 106 valence electrons. The van der Waals surface area contributed by atoms with Crippen LogP contribution in [0.1, 0.15) is 13.3 Å². The fraction of sp³-hybridized carbons (Fsp3) is 0.500. The van der Waals surface area contributed by atoms with Crippen LogP contribution in [0.2, 0.25) is 5.02 Å². The number of sulfonamides is 1. The molecule has 3 nitrogen and oxygen atoms in total. The lowest BCUT2D eigenvalue weighted by Gasteiger charge is -2.25. The first-order valence-corrected chi connectivity index (χ1v) is 8.84. The first-order chi connectivity index (χ1) is 8.87. The van der Waals surface area contributed by atoms with Gasteiger partial charge in [-0.2, -0.15) is 4.31 Å². The van der Waals surface area contributed by atoms with Gasteiger partial charge in [-0.05, 0) is 30.5 Å². The summed E-state index contributed by atoms with van der Waals surface area (Å²) in [6.07, 6.45) is 0.794. The van der Waals surface area contributed by atoms with E-state index < -0.39 is 15.8 Å². The monoisotopic (exact) mass is 369 g/mol. The Labute approximate surface area is 125 Å². The molecule has 1 aromatic rings. The van der Waals surface area contributed by atoms with Crippen LogP contribution in [0, 0.1) is 11.7 Å². The second kappa shape index (κ2) is 5.68. The number of nitrogens with zero attached hydrogens (tertiary/aromatic N) is 1. The van der Waals surface area contributed by atoms with Gasteiger partial charge >= 0.3 is 0 Å². The molecule has 7 heteroatoms. The van der Waals surface area contributed by atoms with Crippen LogP contribution in [0.25, 0.3) is 0 Å². The summed E-state index contributed by atoms with van der Waals surface area (Å²) < 4.78 is 39.8. The van der Waals surface area contributed by atoms with Crippen molar-refractivity contribution in [2.75, 3.05) is 11.9 Å². The highest BCUT2D eigenvalue weighted by atomic mass is 79.9. The molecular weight excluding hydrogens is 357 g/mol. The van der Waals surface area contributed by atoms with Crippen LogP contribution in [0.5, 0.6) is 0 Å². The first-order valence-electron chi connectivity index (χ1n) is 5.90. The van der Waals surface area contributed by atoms with Crippen molar-refractivity contribution in [3.63, 3.8) is 0 Å². The molecule has 0 aromatic heterocycles. The van der Waals surface area contributed by atoms with Gasteiger partial charge in [-0.15, -0.1) is 0 Å². The normalized spacial score (nSPS) is 24.8. The molecular formula is C12H14BrClFNO2S. The Morgan fingerprint density at radius 1 is 1.53 bits per heavy atom. The maximum absolute atomic E-state index is 13.3. The van der Waals surface area contributed by atoms with E-state index in [0.717, 1.165) is 18.6 Å². The lowest BCUT2D eigenvalue weighted by molar-refractivity contribution is 0.378. The highest BCUT2D eigenvalue weighted by molar-refractivity contribution is 9.09. The average Bonchev–Trinajstić information content (AvgIpc) is 2.74. The summed E-state index contributed by atoms with van der Waals surface area (Å²) in [4.78, 5) is -0.158. The van der Waals surface area contributed by atoms with Crippen LogP contribution in [0.3, 0.4) is 0 Å². The van der Waals surface area contributed by atoms with Crippen LogP contribution in [0.4, 0.5) is 4.39 Å². The summed E-state index contributed by atoms with van der Waals surface area (Å²) in [7, 11) is -3.75. The number of alkyl halides is 1. The SMILES string of the molecule is CC1CCN(S(=O)(=O)c2cc(F)ccc2Cl)C1CBr. The summed E-state index contributed by atoms with van der Waals surface area (Å²) >= 11 is 9.24. The van der Waals surface area contributed by atoms with E-state index in [0.29, 0.717) is 11.9 Å². The van der Waals surface area contributed by atoms with Gasteiger partial charge in [-0.1, -0.05) is 34.5 Å². The van der Waals surface area contributed by atoms with Gasteiger partial charge in [-0.3, -0.25) is 0 Å². The molecule has 1 saturated heterocycles. The van der Waals surface area contributed by atoms with Crippen molar-refractivity contribution in [3.8, 4) is 0 Å². The van der Waals surface area contributed by atoms with Gasteiger partial charge in [-0.25, -0.2) is 12.8 Å². The molecule has 2 atom stereocenters. The van der Waals surface area contributed by atoms with Crippen LogP contribution in [0.15, 0.2) is 23.1 Å². The molecule has 1 heterocycles. The largest absolute Gasteiger partial charge is 0.244 e. The zero-order chi connectivity index (χ0) is 14.2. The summed E-state index contributed by atoms with van der Waals surface area (Å²) in [5, 5.41) is 0.606. The highest BCUT2D eigenvalue weighted by Gasteiger charge is 2.39. The van der Waals surface area contributed by atoms with Crippen molar-refractivity contribution >= 4 is 37.6 Å². The fourth-order valence-electron chi connectivity index (χ4n) is 2.30. The van der Waals surface area contributed by atoms with Gasteiger partial charge in [0.15, 0.2) is 0 Å². The van der Waals surface area contributed by atoms with E-state index in [9.17, 15) is 12.8 Å². The molecule has 1 aromatic carbocycles. The number of hydrogen-bond donors (Lipinski definition) is 0. The smallest absolute Gasteiger partial charge is 0.207 e. The van der Waals surface area contributed by atoms with Crippen LogP contribution < -0.4 is 0 Å². The zero-order valence-corrected chi connectivity index (χ0v) is 13.5. The molecule has 19 heavy (non-hydrogen) atoms. The third-order valence-electron chi connectivity index (χ3n) is 3.47. The van der Waals surface area contributed by atoms with E-state index >= 15 is 0 Å². The Hall–Kier alpha value is -0.170. The average molecular weight is 371 g/mol. The van der Waals surface area contributed by atoms with Gasteiger partial charge < -0.3 is 0 Å². The zero-order valence-electron chi connectivity index (χ0n) is 10.3. The summed E-state index contributed by atoms with van der Waals surface area (Å²) in [6, 6.07) is 3.28. The van der Waals surface area contributed by atoms with E-state index in [1.54, 1.807) is 0 Å². The second-order valence-electron chi connectivity index (χ2n) is 4.68. The van der Waals surface area contributed by atoms with Gasteiger partial charge in [0.25, 0.3) is 0 Å². The van der Waals surface area contributed by atoms with Gasteiger partial charge in [0.2, 0.25) is 10.0 Å². The Kier molecular flexibility index (Phi) is 4.55. The van der Waals surface area contributed by atoms with Crippen molar-refractivity contribution in [2.24, 2.45) is 5.92 Å². The molecule has 1 fully saturated rings. The lowest BCUT2D eigenvalue weighted by atomic mass is 10.1. The third-order valence-corrected chi connectivity index (χ3v) is 6.54. The van der Waals surface area contributed by atoms with Gasteiger partial charge in [0.05, 0.1) is 5.02 Å². The van der Waals surface area contributed by atoms with Crippen molar-refractivity contribution < 1.29 is 12.8 Å². The van der Waals surface area contributed by atoms with E-state index in [4.69, 9.17) is 11.6 Å². The number of halogens is 3. The minimum atomic E-state index is -3.75. The van der Waals surface area contributed by atoms with Crippen molar-refractivity contribution in [1.82, 2.24) is 4.31 Å². The molecule has 0 amide bonds. The minimum Gasteiger partial charge on any atom is -0.207 e. The highest BCUT2D eigenvalue weighted by Crippen LogP contribution is 2.33. The Morgan fingerprint density at radius 3 is 2.84 bits per heavy atom. The summed E-state index contributed by atoms with van der Waals surface area (Å²) in [6.45, 7) is 2.45. The molecule has 0 spiro atoms. The molecule has 0 radical (unpaired) electrons. The Bertz CT molecular complexity index is 581. The lowest BCUT2D eigenvalue weighted by Crippen LogP contribution is -2.38. The van der Waals surface area contributed by atoms with E-state index in [1.807, 2.05) is 6.92 Å². The van der Waals surface area contributed by atoms with E-state index in [1.165, 1.54) is 10.4 Å². The molecule has 1 aliphatic rings. The molecule has 0 saturated carbocycles. The standard InChI is InChI=1S/C12H14BrClFNO2S/c1-8-4-5-16(11(8)7-13)19(17,18)12-6-9(15)2-3-10(12)14/h2-3,6,8,11H,4-5,7H2,1H3. The van der Waals surface area contributed by atoms with Crippen LogP contribution >= 0.6 is 27.5 Å². The predicted octanol–water partition coefficient (Wildman–Crippen LogP) is 3.27. The fourth-order valence-corrected chi connectivity index (χ4v) is 5.70. The number of hydrogen-bond acceptors (Lipinski definition) is 2. The van der Waals surface area contributed by atoms with Gasteiger partial charge in [0.1, 0.15) is 10.7 Å². The maximum atomic E-state index is 13.3. The number of benzene rings is 1. The maximum Gasteiger partial charge on any atom is 0.244 e. The van der Waals surface area contributed by atoms with Crippen molar-refractivity contribution in [1.29, 1.82) is 0 Å². The third kappa shape index (κ3) is 2.82. The number of rotatable bonds is 3. The summed E-state index contributed by atoms with van der Waals surface area (Å²) in [5.74, 6) is -0.341. The van der Waals surface area contributed by atoms with Crippen molar-refractivity contribution in [2.45, 2.75) is 24.3 Å². The Balaban J connectivity index is 2.45. The quantitative estimate of drug-likeness (QED) is 0.766. The van der Waals surface area contributed by atoms with Gasteiger partial charge in [0, 0.05) is 17.9 Å². The topological polar surface area (TPSA) is 37.4 Å². The van der Waals surface area contributed by atoms with E-state index in [-0.39, 0.29) is 21.9 Å². The molecule has 0 N–H and O–H groups in total. The first kappa shape index (κ1) is 15.2. The second-order valence-corrected chi connectivity index (χ2v) is 7.59. The molecule has 0 aliphatic carbocycles. The van der Waals surface area contributed by atoms with Crippen molar-refractivity contribution in [3.05, 3.63) is 29.0 Å². The van der Waals surface area contributed by atoms with Crippen LogP contribution in [-0.2, 0) is 10.0 Å². The Morgan fingerprint density at radius 2 is 2.21 bits per heavy atom. The molecule has 2 unspecified atom stereocenters.